The molecular weight excluding hydrogens is 266 g/mol. The van der Waals surface area contributed by atoms with E-state index in [0.29, 0.717) is 0 Å². The highest BCUT2D eigenvalue weighted by Gasteiger charge is 2.45. The van der Waals surface area contributed by atoms with E-state index in [0.717, 1.165) is 44.3 Å². The number of Topliss-reactive ketones (excluding diaryl/α,β-unsaturated/α-hetero) is 1. The minimum Gasteiger partial charge on any atom is -0.466 e. The fraction of sp³-hybridized carbons (Fsp3) is 0.765. The number of likely N-dealkylation sites (tertiary alicyclic amines) is 1. The second kappa shape index (κ2) is 7.62. The molecule has 0 aromatic carbocycles. The summed E-state index contributed by atoms with van der Waals surface area (Å²) in [6.45, 7) is 8.85. The van der Waals surface area contributed by atoms with Crippen molar-refractivity contribution in [3.05, 3.63) is 11.8 Å². The van der Waals surface area contributed by atoms with Gasteiger partial charge < -0.3 is 9.64 Å². The molecule has 1 atom stereocenters. The summed E-state index contributed by atoms with van der Waals surface area (Å²) in [5.41, 5.74) is 0.679. The van der Waals surface area contributed by atoms with Gasteiger partial charge in [-0.2, -0.15) is 0 Å². The number of carbonyl (C=O) groups excluding carboxylic acids is 2. The Balaban J connectivity index is 3.15. The SMILES string of the molecule is CC/C(=C\C(=O)OC)N1CCC[C@H]1C(CC)(CC)C(C)=O. The van der Waals surface area contributed by atoms with Crippen LogP contribution in [0.25, 0.3) is 0 Å². The number of ether oxygens (including phenoxy) is 1. The number of esters is 1. The van der Waals surface area contributed by atoms with Gasteiger partial charge in [0.2, 0.25) is 0 Å². The van der Waals surface area contributed by atoms with E-state index in [1.165, 1.54) is 7.11 Å². The van der Waals surface area contributed by atoms with E-state index in [1.807, 2.05) is 6.92 Å². The molecule has 1 rings (SSSR count). The Morgan fingerprint density at radius 2 is 1.90 bits per heavy atom. The Morgan fingerprint density at radius 3 is 2.33 bits per heavy atom. The average molecular weight is 295 g/mol. The fourth-order valence-corrected chi connectivity index (χ4v) is 3.72. The third-order valence-corrected chi connectivity index (χ3v) is 5.07. The summed E-state index contributed by atoms with van der Waals surface area (Å²) in [6, 6.07) is 0.195. The van der Waals surface area contributed by atoms with Gasteiger partial charge in [-0.25, -0.2) is 4.79 Å². The smallest absolute Gasteiger partial charge is 0.332 e. The third kappa shape index (κ3) is 3.47. The first-order chi connectivity index (χ1) is 9.96. The van der Waals surface area contributed by atoms with Crippen molar-refractivity contribution in [1.82, 2.24) is 4.90 Å². The Kier molecular flexibility index (Phi) is 6.43. The number of hydrogen-bond donors (Lipinski definition) is 0. The molecule has 0 aromatic rings. The van der Waals surface area contributed by atoms with Crippen LogP contribution in [0.1, 0.15) is 59.8 Å². The molecule has 0 aromatic heterocycles. The van der Waals surface area contributed by atoms with Crippen molar-refractivity contribution in [1.29, 1.82) is 0 Å². The van der Waals surface area contributed by atoms with E-state index in [4.69, 9.17) is 4.74 Å². The molecule has 120 valence electrons. The average Bonchev–Trinajstić information content (AvgIpc) is 2.95. The molecule has 1 aliphatic rings. The van der Waals surface area contributed by atoms with Crippen LogP contribution < -0.4 is 0 Å². The summed E-state index contributed by atoms with van der Waals surface area (Å²) in [6.07, 6.45) is 6.12. The first kappa shape index (κ1) is 17.7. The molecule has 0 aliphatic carbocycles. The van der Waals surface area contributed by atoms with E-state index in [1.54, 1.807) is 13.0 Å². The van der Waals surface area contributed by atoms with Gasteiger partial charge in [0.05, 0.1) is 7.11 Å². The van der Waals surface area contributed by atoms with Gasteiger partial charge in [-0.05, 0) is 39.0 Å². The molecule has 0 spiro atoms. The van der Waals surface area contributed by atoms with Gasteiger partial charge in [0.15, 0.2) is 0 Å². The van der Waals surface area contributed by atoms with E-state index >= 15 is 0 Å². The predicted octanol–water partition coefficient (Wildman–Crippen LogP) is 3.31. The highest BCUT2D eigenvalue weighted by atomic mass is 16.5. The standard InChI is InChI=1S/C17H29NO3/c1-6-14(12-16(20)21-5)18-11-9-10-15(18)17(7-2,8-3)13(4)19/h12,15H,6-11H2,1-5H3/b14-12+/t15-/m0/s1. The van der Waals surface area contributed by atoms with E-state index in [9.17, 15) is 9.59 Å². The third-order valence-electron chi connectivity index (χ3n) is 5.07. The lowest BCUT2D eigenvalue weighted by molar-refractivity contribution is -0.135. The van der Waals surface area contributed by atoms with E-state index < -0.39 is 0 Å². The second-order valence-electron chi connectivity index (χ2n) is 5.78. The van der Waals surface area contributed by atoms with Gasteiger partial charge in [0.1, 0.15) is 5.78 Å². The highest BCUT2D eigenvalue weighted by Crippen LogP contribution is 2.42. The molecule has 21 heavy (non-hydrogen) atoms. The van der Waals surface area contributed by atoms with Crippen LogP contribution in [0.4, 0.5) is 0 Å². The summed E-state index contributed by atoms with van der Waals surface area (Å²) in [7, 11) is 1.39. The molecule has 1 aliphatic heterocycles. The van der Waals surface area contributed by atoms with E-state index in [2.05, 4.69) is 18.7 Å². The van der Waals surface area contributed by atoms with Crippen molar-refractivity contribution in [2.75, 3.05) is 13.7 Å². The van der Waals surface area contributed by atoms with Gasteiger partial charge in [0.25, 0.3) is 0 Å². The van der Waals surface area contributed by atoms with E-state index in [-0.39, 0.29) is 23.2 Å². The Morgan fingerprint density at radius 1 is 1.29 bits per heavy atom. The molecule has 4 heteroatoms. The molecule has 0 saturated carbocycles. The monoisotopic (exact) mass is 295 g/mol. The van der Waals surface area contributed by atoms with Crippen molar-refractivity contribution in [2.45, 2.75) is 65.8 Å². The number of rotatable bonds is 7. The van der Waals surface area contributed by atoms with Crippen LogP contribution in [0.15, 0.2) is 11.8 Å². The predicted molar refractivity (Wildman–Crippen MR) is 83.8 cm³/mol. The summed E-state index contributed by atoms with van der Waals surface area (Å²) < 4.78 is 4.75. The van der Waals surface area contributed by atoms with Crippen LogP contribution in [-0.2, 0) is 14.3 Å². The number of carbonyl (C=O) groups is 2. The van der Waals surface area contributed by atoms with Crippen LogP contribution in [0, 0.1) is 5.41 Å². The fourth-order valence-electron chi connectivity index (χ4n) is 3.72. The first-order valence-corrected chi connectivity index (χ1v) is 8.02. The van der Waals surface area contributed by atoms with Gasteiger partial charge in [-0.15, -0.1) is 0 Å². The summed E-state index contributed by atoms with van der Waals surface area (Å²) in [5.74, 6) is -0.0585. The minimum atomic E-state index is -0.320. The molecule has 4 nitrogen and oxygen atoms in total. The maximum absolute atomic E-state index is 12.3. The van der Waals surface area contributed by atoms with Gasteiger partial charge in [-0.3, -0.25) is 4.79 Å². The van der Waals surface area contributed by atoms with Crippen LogP contribution >= 0.6 is 0 Å². The maximum atomic E-state index is 12.3. The van der Waals surface area contributed by atoms with Crippen molar-refractivity contribution in [3.8, 4) is 0 Å². The number of allylic oxidation sites excluding steroid dienone is 1. The zero-order valence-electron chi connectivity index (χ0n) is 14.1. The van der Waals surface area contributed by atoms with Crippen LogP contribution in [-0.4, -0.2) is 36.3 Å². The molecule has 0 radical (unpaired) electrons. The summed E-state index contributed by atoms with van der Waals surface area (Å²) in [4.78, 5) is 26.2. The molecular formula is C17H29NO3. The van der Waals surface area contributed by atoms with Crippen molar-refractivity contribution < 1.29 is 14.3 Å². The molecule has 1 heterocycles. The topological polar surface area (TPSA) is 46.6 Å². The van der Waals surface area contributed by atoms with Crippen LogP contribution in [0.5, 0.6) is 0 Å². The molecule has 0 amide bonds. The van der Waals surface area contributed by atoms with Crippen molar-refractivity contribution in [2.24, 2.45) is 5.41 Å². The normalized spacial score (nSPS) is 19.8. The molecule has 1 saturated heterocycles. The summed E-state index contributed by atoms with van der Waals surface area (Å²) in [5, 5.41) is 0. The van der Waals surface area contributed by atoms with Crippen molar-refractivity contribution >= 4 is 11.8 Å². The number of ketones is 1. The highest BCUT2D eigenvalue weighted by molar-refractivity contribution is 5.84. The number of methoxy groups -OCH3 is 1. The van der Waals surface area contributed by atoms with Crippen LogP contribution in [0.2, 0.25) is 0 Å². The van der Waals surface area contributed by atoms with Gasteiger partial charge >= 0.3 is 5.97 Å². The minimum absolute atomic E-state index is 0.195. The summed E-state index contributed by atoms with van der Waals surface area (Å²) >= 11 is 0. The quantitative estimate of drug-likeness (QED) is 0.534. The molecule has 0 N–H and O–H groups in total. The maximum Gasteiger partial charge on any atom is 0.332 e. The zero-order chi connectivity index (χ0) is 16.0. The Bertz CT molecular complexity index is 410. The number of nitrogens with zero attached hydrogens (tertiary/aromatic N) is 1. The Labute approximate surface area is 128 Å². The molecule has 1 fully saturated rings. The lowest BCUT2D eigenvalue weighted by Crippen LogP contribution is -2.47. The first-order valence-electron chi connectivity index (χ1n) is 8.02. The van der Waals surface area contributed by atoms with Crippen molar-refractivity contribution in [3.63, 3.8) is 0 Å². The van der Waals surface area contributed by atoms with Crippen LogP contribution in [0.3, 0.4) is 0 Å². The molecule has 0 unspecified atom stereocenters. The molecule has 0 bridgehead atoms. The second-order valence-corrected chi connectivity index (χ2v) is 5.78. The lowest BCUT2D eigenvalue weighted by atomic mass is 9.71. The Hall–Kier alpha value is -1.32. The number of hydrogen-bond acceptors (Lipinski definition) is 4. The van der Waals surface area contributed by atoms with Gasteiger partial charge in [-0.1, -0.05) is 20.8 Å². The zero-order valence-corrected chi connectivity index (χ0v) is 14.1. The van der Waals surface area contributed by atoms with Gasteiger partial charge in [0, 0.05) is 29.8 Å². The lowest BCUT2D eigenvalue weighted by Gasteiger charge is -2.42. The largest absolute Gasteiger partial charge is 0.466 e.